The molecule has 0 saturated carbocycles. The Morgan fingerprint density at radius 3 is 2.04 bits per heavy atom. The number of carbonyl (C=O) groups excluding carboxylic acids is 2. The lowest BCUT2D eigenvalue weighted by Gasteiger charge is -2.33. The molecule has 0 aromatic rings. The zero-order valence-corrected chi connectivity index (χ0v) is 14.2. The van der Waals surface area contributed by atoms with E-state index in [0.29, 0.717) is 13.1 Å². The van der Waals surface area contributed by atoms with Crippen LogP contribution in [0.2, 0.25) is 0 Å². The zero-order valence-electron chi connectivity index (χ0n) is 14.2. The average molecular weight is 337 g/mol. The fourth-order valence-corrected chi connectivity index (χ4v) is 2.62. The molecule has 0 radical (unpaired) electrons. The highest BCUT2D eigenvalue weighted by Gasteiger charge is 2.46. The fourth-order valence-electron chi connectivity index (χ4n) is 2.62. The molecule has 1 fully saturated rings. The molecule has 1 saturated heterocycles. The molecule has 7 heteroatoms. The van der Waals surface area contributed by atoms with Crippen LogP contribution < -0.4 is 0 Å². The Morgan fingerprint density at radius 2 is 1.61 bits per heavy atom. The molecule has 134 valence electrons. The van der Waals surface area contributed by atoms with E-state index in [2.05, 4.69) is 0 Å². The molecule has 2 atom stereocenters. The molecule has 1 unspecified atom stereocenters. The molecule has 1 aliphatic rings. The summed E-state index contributed by atoms with van der Waals surface area (Å²) >= 11 is 0. The van der Waals surface area contributed by atoms with Gasteiger partial charge in [-0.25, -0.2) is 0 Å². The lowest BCUT2D eigenvalue weighted by atomic mass is 9.88. The van der Waals surface area contributed by atoms with E-state index >= 15 is 0 Å². The summed E-state index contributed by atoms with van der Waals surface area (Å²) in [5.74, 6) is -4.68. The minimum atomic E-state index is -4.53. The lowest BCUT2D eigenvalue weighted by Crippen LogP contribution is -2.45. The van der Waals surface area contributed by atoms with E-state index < -0.39 is 41.9 Å². The van der Waals surface area contributed by atoms with Crippen LogP contribution in [-0.2, 0) is 14.3 Å². The van der Waals surface area contributed by atoms with Gasteiger partial charge in [0.25, 0.3) is 0 Å². The minimum absolute atomic E-state index is 0.453. The van der Waals surface area contributed by atoms with Crippen LogP contribution in [0.4, 0.5) is 13.2 Å². The van der Waals surface area contributed by atoms with Crippen molar-refractivity contribution in [2.75, 3.05) is 13.1 Å². The first kappa shape index (κ1) is 19.8. The van der Waals surface area contributed by atoms with Crippen LogP contribution in [0.1, 0.15) is 53.4 Å². The van der Waals surface area contributed by atoms with Gasteiger partial charge in [0.05, 0.1) is 18.3 Å². The second kappa shape index (κ2) is 7.53. The van der Waals surface area contributed by atoms with Gasteiger partial charge in [-0.1, -0.05) is 6.92 Å². The predicted octanol–water partition coefficient (Wildman–Crippen LogP) is 3.55. The van der Waals surface area contributed by atoms with Crippen molar-refractivity contribution in [3.05, 3.63) is 0 Å². The largest absolute Gasteiger partial charge is 0.460 e. The molecule has 0 N–H and O–H groups in total. The van der Waals surface area contributed by atoms with Gasteiger partial charge in [0.2, 0.25) is 5.91 Å². The molecular weight excluding hydrogens is 311 g/mol. The number of ether oxygens (including phenoxy) is 1. The molecule has 0 aliphatic carbocycles. The summed E-state index contributed by atoms with van der Waals surface area (Å²) in [7, 11) is 0. The molecular formula is C16H26F3NO3. The van der Waals surface area contributed by atoms with Gasteiger partial charge in [-0.2, -0.15) is 13.2 Å². The first-order valence-electron chi connectivity index (χ1n) is 7.99. The Morgan fingerprint density at radius 1 is 1.09 bits per heavy atom. The van der Waals surface area contributed by atoms with Gasteiger partial charge in [-0.3, -0.25) is 9.59 Å². The van der Waals surface area contributed by atoms with E-state index in [9.17, 15) is 22.8 Å². The highest BCUT2D eigenvalue weighted by molar-refractivity contribution is 5.84. The minimum Gasteiger partial charge on any atom is -0.460 e. The van der Waals surface area contributed by atoms with Gasteiger partial charge in [0.1, 0.15) is 5.60 Å². The second-order valence-corrected chi connectivity index (χ2v) is 7.11. The number of nitrogens with zero attached hydrogens (tertiary/aromatic N) is 1. The summed E-state index contributed by atoms with van der Waals surface area (Å²) in [6, 6.07) is 0. The number of likely N-dealkylation sites (tertiary alicyclic amines) is 1. The number of piperidine rings is 1. The zero-order chi connectivity index (χ0) is 17.8. The molecule has 0 bridgehead atoms. The molecule has 0 aromatic heterocycles. The van der Waals surface area contributed by atoms with Crippen molar-refractivity contribution in [2.45, 2.75) is 65.2 Å². The molecule has 1 aliphatic heterocycles. The number of carbonyl (C=O) groups is 2. The smallest absolute Gasteiger partial charge is 0.392 e. The Bertz CT molecular complexity index is 423. The standard InChI is InChI=1S/C16H26F3NO3/c1-11(16(17,18)19)12(10-13(21)23-15(2,3)4)14(22)20-8-6-5-7-9-20/h11-12H,5-10H2,1-4H3/t11?,12-/m1/s1. The van der Waals surface area contributed by atoms with Crippen molar-refractivity contribution >= 4 is 11.9 Å². The van der Waals surface area contributed by atoms with Crippen LogP contribution in [0.15, 0.2) is 0 Å². The highest BCUT2D eigenvalue weighted by atomic mass is 19.4. The van der Waals surface area contributed by atoms with Crippen LogP contribution >= 0.6 is 0 Å². The van der Waals surface area contributed by atoms with Crippen molar-refractivity contribution in [1.29, 1.82) is 0 Å². The molecule has 1 amide bonds. The average Bonchev–Trinajstić information content (AvgIpc) is 2.41. The second-order valence-electron chi connectivity index (χ2n) is 7.11. The maximum atomic E-state index is 13.1. The van der Waals surface area contributed by atoms with Gasteiger partial charge in [0.15, 0.2) is 0 Å². The van der Waals surface area contributed by atoms with Crippen LogP contribution in [0.25, 0.3) is 0 Å². The number of hydrogen-bond donors (Lipinski definition) is 0. The van der Waals surface area contributed by atoms with Gasteiger partial charge in [0, 0.05) is 13.1 Å². The van der Waals surface area contributed by atoms with E-state index in [4.69, 9.17) is 4.74 Å². The van der Waals surface area contributed by atoms with Crippen molar-refractivity contribution in [2.24, 2.45) is 11.8 Å². The maximum absolute atomic E-state index is 13.1. The molecule has 23 heavy (non-hydrogen) atoms. The Labute approximate surface area is 135 Å². The molecule has 1 rings (SSSR count). The van der Waals surface area contributed by atoms with E-state index in [1.807, 2.05) is 0 Å². The third-order valence-corrected chi connectivity index (χ3v) is 3.91. The third-order valence-electron chi connectivity index (χ3n) is 3.91. The maximum Gasteiger partial charge on any atom is 0.392 e. The predicted molar refractivity (Wildman–Crippen MR) is 79.6 cm³/mol. The van der Waals surface area contributed by atoms with Crippen molar-refractivity contribution in [3.63, 3.8) is 0 Å². The van der Waals surface area contributed by atoms with Crippen LogP contribution in [-0.4, -0.2) is 41.6 Å². The molecule has 1 heterocycles. The van der Waals surface area contributed by atoms with E-state index in [-0.39, 0.29) is 0 Å². The van der Waals surface area contributed by atoms with E-state index in [0.717, 1.165) is 26.2 Å². The summed E-state index contributed by atoms with van der Waals surface area (Å²) in [4.78, 5) is 25.9. The molecule has 0 spiro atoms. The summed E-state index contributed by atoms with van der Waals surface area (Å²) in [5, 5.41) is 0. The SMILES string of the molecule is CC([C@@H](CC(=O)OC(C)(C)C)C(=O)N1CCCCC1)C(F)(F)F. The monoisotopic (exact) mass is 337 g/mol. The summed E-state index contributed by atoms with van der Waals surface area (Å²) in [6.07, 6.45) is -2.54. The topological polar surface area (TPSA) is 46.6 Å². The number of esters is 1. The first-order valence-corrected chi connectivity index (χ1v) is 7.99. The van der Waals surface area contributed by atoms with Crippen molar-refractivity contribution in [1.82, 2.24) is 4.90 Å². The summed E-state index contributed by atoms with van der Waals surface area (Å²) < 4.78 is 44.4. The third kappa shape index (κ3) is 6.39. The first-order chi connectivity index (χ1) is 10.4. The number of alkyl halides is 3. The van der Waals surface area contributed by atoms with Crippen molar-refractivity contribution < 1.29 is 27.5 Å². The summed E-state index contributed by atoms with van der Waals surface area (Å²) in [6.45, 7) is 6.78. The number of rotatable bonds is 4. The number of hydrogen-bond acceptors (Lipinski definition) is 3. The van der Waals surface area contributed by atoms with Crippen molar-refractivity contribution in [3.8, 4) is 0 Å². The normalized spacial score (nSPS) is 19.2. The van der Waals surface area contributed by atoms with Crippen LogP contribution in [0.3, 0.4) is 0 Å². The fraction of sp³-hybridized carbons (Fsp3) is 0.875. The van der Waals surface area contributed by atoms with Gasteiger partial charge in [-0.15, -0.1) is 0 Å². The van der Waals surface area contributed by atoms with E-state index in [1.54, 1.807) is 20.8 Å². The summed E-state index contributed by atoms with van der Waals surface area (Å²) in [5.41, 5.74) is -0.794. The van der Waals surface area contributed by atoms with Gasteiger partial charge in [-0.05, 0) is 40.0 Å². The number of halogens is 3. The lowest BCUT2D eigenvalue weighted by molar-refractivity contribution is -0.193. The quantitative estimate of drug-likeness (QED) is 0.737. The Balaban J connectivity index is 2.88. The highest BCUT2D eigenvalue weighted by Crippen LogP contribution is 2.35. The molecule has 0 aromatic carbocycles. The molecule has 4 nitrogen and oxygen atoms in total. The number of amides is 1. The van der Waals surface area contributed by atoms with Gasteiger partial charge < -0.3 is 9.64 Å². The van der Waals surface area contributed by atoms with Gasteiger partial charge >= 0.3 is 12.1 Å². The Hall–Kier alpha value is -1.27. The van der Waals surface area contributed by atoms with E-state index in [1.165, 1.54) is 4.90 Å². The Kier molecular flexibility index (Phi) is 6.48. The van der Waals surface area contributed by atoms with Crippen LogP contribution in [0.5, 0.6) is 0 Å². The van der Waals surface area contributed by atoms with Crippen LogP contribution in [0, 0.1) is 11.8 Å².